The molecule has 1 amide bonds. The van der Waals surface area contributed by atoms with E-state index < -0.39 is 0 Å². The summed E-state index contributed by atoms with van der Waals surface area (Å²) >= 11 is 0. The number of amides is 1. The highest BCUT2D eigenvalue weighted by atomic mass is 16.2. The Labute approximate surface area is 87.1 Å². The maximum atomic E-state index is 11.1. The molecule has 3 heteroatoms. The highest BCUT2D eigenvalue weighted by Gasteiger charge is 2.20. The van der Waals surface area contributed by atoms with Crippen molar-refractivity contribution in [2.45, 2.75) is 26.2 Å². The lowest BCUT2D eigenvalue weighted by molar-refractivity contribution is -0.130. The molecule has 0 aromatic carbocycles. The minimum Gasteiger partial charge on any atom is -0.343 e. The highest BCUT2D eigenvalue weighted by molar-refractivity contribution is 5.73. The van der Waals surface area contributed by atoms with E-state index in [0.29, 0.717) is 0 Å². The first kappa shape index (κ1) is 11.5. The predicted octanol–water partition coefficient (Wildman–Crippen LogP) is 1.20. The van der Waals surface area contributed by atoms with Crippen LogP contribution in [0.25, 0.3) is 0 Å². The van der Waals surface area contributed by atoms with Gasteiger partial charge in [0.15, 0.2) is 0 Å². The Bertz CT molecular complexity index is 184. The second-order valence-electron chi connectivity index (χ2n) is 4.54. The molecule has 14 heavy (non-hydrogen) atoms. The van der Waals surface area contributed by atoms with Gasteiger partial charge in [-0.25, -0.2) is 0 Å². The molecule has 0 saturated carbocycles. The third kappa shape index (κ3) is 3.66. The van der Waals surface area contributed by atoms with Crippen molar-refractivity contribution in [3.05, 3.63) is 0 Å². The Kier molecular flexibility index (Phi) is 4.39. The van der Waals surface area contributed by atoms with E-state index in [9.17, 15) is 4.79 Å². The van der Waals surface area contributed by atoms with Gasteiger partial charge in [-0.3, -0.25) is 4.79 Å². The van der Waals surface area contributed by atoms with Gasteiger partial charge in [-0.05, 0) is 45.8 Å². The van der Waals surface area contributed by atoms with E-state index in [1.54, 1.807) is 6.92 Å². The van der Waals surface area contributed by atoms with E-state index in [1.807, 2.05) is 4.90 Å². The van der Waals surface area contributed by atoms with Crippen molar-refractivity contribution in [1.29, 1.82) is 0 Å². The molecule has 0 aromatic heterocycles. The second kappa shape index (κ2) is 5.35. The van der Waals surface area contributed by atoms with Crippen LogP contribution in [-0.4, -0.2) is 49.4 Å². The molecular formula is C11H22N2O. The third-order valence-electron chi connectivity index (χ3n) is 3.04. The summed E-state index contributed by atoms with van der Waals surface area (Å²) in [6.45, 7) is 4.77. The number of carbonyl (C=O) groups is 1. The van der Waals surface area contributed by atoms with E-state index in [-0.39, 0.29) is 5.91 Å². The number of hydrogen-bond acceptors (Lipinski definition) is 2. The lowest BCUT2D eigenvalue weighted by atomic mass is 9.93. The molecule has 3 nitrogen and oxygen atoms in total. The van der Waals surface area contributed by atoms with Crippen LogP contribution in [0, 0.1) is 5.92 Å². The Morgan fingerprint density at radius 2 is 1.93 bits per heavy atom. The van der Waals surface area contributed by atoms with Crippen molar-refractivity contribution in [3.8, 4) is 0 Å². The van der Waals surface area contributed by atoms with Gasteiger partial charge in [-0.1, -0.05) is 0 Å². The molecule has 1 rings (SSSR count). The lowest BCUT2D eigenvalue weighted by Gasteiger charge is -2.31. The van der Waals surface area contributed by atoms with E-state index >= 15 is 0 Å². The summed E-state index contributed by atoms with van der Waals surface area (Å²) in [5, 5.41) is 0. The summed E-state index contributed by atoms with van der Waals surface area (Å²) in [7, 11) is 4.23. The zero-order valence-electron chi connectivity index (χ0n) is 9.62. The molecule has 0 atom stereocenters. The monoisotopic (exact) mass is 198 g/mol. The van der Waals surface area contributed by atoms with Gasteiger partial charge in [-0.2, -0.15) is 0 Å². The molecule has 0 radical (unpaired) electrons. The van der Waals surface area contributed by atoms with Gasteiger partial charge in [0.25, 0.3) is 0 Å². The van der Waals surface area contributed by atoms with E-state index in [4.69, 9.17) is 0 Å². The van der Waals surface area contributed by atoms with Gasteiger partial charge < -0.3 is 9.80 Å². The van der Waals surface area contributed by atoms with Crippen molar-refractivity contribution in [2.75, 3.05) is 33.7 Å². The lowest BCUT2D eigenvalue weighted by Crippen LogP contribution is -2.37. The van der Waals surface area contributed by atoms with E-state index in [1.165, 1.54) is 25.8 Å². The smallest absolute Gasteiger partial charge is 0.219 e. The number of likely N-dealkylation sites (tertiary alicyclic amines) is 1. The maximum absolute atomic E-state index is 11.1. The molecule has 1 saturated heterocycles. The fourth-order valence-electron chi connectivity index (χ4n) is 1.98. The van der Waals surface area contributed by atoms with Crippen molar-refractivity contribution in [3.63, 3.8) is 0 Å². The number of rotatable bonds is 3. The van der Waals surface area contributed by atoms with E-state index in [0.717, 1.165) is 19.0 Å². The number of carbonyl (C=O) groups excluding carboxylic acids is 1. The van der Waals surface area contributed by atoms with Gasteiger partial charge in [-0.15, -0.1) is 0 Å². The summed E-state index contributed by atoms with van der Waals surface area (Å²) in [5.74, 6) is 1.06. The molecule has 0 bridgehead atoms. The molecule has 1 fully saturated rings. The highest BCUT2D eigenvalue weighted by Crippen LogP contribution is 2.20. The zero-order valence-corrected chi connectivity index (χ0v) is 9.62. The molecule has 0 aliphatic carbocycles. The van der Waals surface area contributed by atoms with Crippen LogP contribution in [0.1, 0.15) is 26.2 Å². The zero-order chi connectivity index (χ0) is 10.6. The third-order valence-corrected chi connectivity index (χ3v) is 3.04. The van der Waals surface area contributed by atoms with Gasteiger partial charge >= 0.3 is 0 Å². The van der Waals surface area contributed by atoms with Crippen LogP contribution in [-0.2, 0) is 4.79 Å². The van der Waals surface area contributed by atoms with Gasteiger partial charge in [0, 0.05) is 20.0 Å². The average molecular weight is 198 g/mol. The average Bonchev–Trinajstić information content (AvgIpc) is 2.15. The topological polar surface area (TPSA) is 23.6 Å². The normalized spacial score (nSPS) is 19.0. The molecule has 1 heterocycles. The molecular weight excluding hydrogens is 176 g/mol. The summed E-state index contributed by atoms with van der Waals surface area (Å²) in [4.78, 5) is 15.3. The summed E-state index contributed by atoms with van der Waals surface area (Å²) in [6, 6.07) is 0. The molecule has 0 unspecified atom stereocenters. The van der Waals surface area contributed by atoms with Crippen LogP contribution >= 0.6 is 0 Å². The maximum Gasteiger partial charge on any atom is 0.219 e. The first-order valence-electron chi connectivity index (χ1n) is 5.50. The van der Waals surface area contributed by atoms with Crippen LogP contribution < -0.4 is 0 Å². The van der Waals surface area contributed by atoms with Crippen molar-refractivity contribution >= 4 is 5.91 Å². The Hall–Kier alpha value is -0.570. The summed E-state index contributed by atoms with van der Waals surface area (Å²) < 4.78 is 0. The first-order valence-corrected chi connectivity index (χ1v) is 5.50. The van der Waals surface area contributed by atoms with Gasteiger partial charge in [0.05, 0.1) is 0 Å². The molecule has 0 N–H and O–H groups in total. The minimum atomic E-state index is 0.232. The number of hydrogen-bond donors (Lipinski definition) is 0. The molecule has 1 aliphatic rings. The minimum absolute atomic E-state index is 0.232. The summed E-state index contributed by atoms with van der Waals surface area (Å²) in [5.41, 5.74) is 0. The molecule has 1 aliphatic heterocycles. The molecule has 0 spiro atoms. The Morgan fingerprint density at radius 3 is 2.36 bits per heavy atom. The van der Waals surface area contributed by atoms with E-state index in [2.05, 4.69) is 19.0 Å². The van der Waals surface area contributed by atoms with Crippen LogP contribution in [0.3, 0.4) is 0 Å². The Morgan fingerprint density at radius 1 is 1.36 bits per heavy atom. The molecule has 82 valence electrons. The standard InChI is InChI=1S/C11H22N2O/c1-10(14)13-8-5-11(6-9-13)4-7-12(2)3/h11H,4-9H2,1-3H3. The fourth-order valence-corrected chi connectivity index (χ4v) is 1.98. The molecule has 0 aromatic rings. The number of piperidine rings is 1. The van der Waals surface area contributed by atoms with Crippen LogP contribution in [0.15, 0.2) is 0 Å². The van der Waals surface area contributed by atoms with Crippen LogP contribution in [0.5, 0.6) is 0 Å². The van der Waals surface area contributed by atoms with Crippen LogP contribution in [0.4, 0.5) is 0 Å². The fraction of sp³-hybridized carbons (Fsp3) is 0.909. The van der Waals surface area contributed by atoms with Gasteiger partial charge in [0.1, 0.15) is 0 Å². The van der Waals surface area contributed by atoms with Crippen molar-refractivity contribution < 1.29 is 4.79 Å². The van der Waals surface area contributed by atoms with Gasteiger partial charge in [0.2, 0.25) is 5.91 Å². The van der Waals surface area contributed by atoms with Crippen LogP contribution in [0.2, 0.25) is 0 Å². The largest absolute Gasteiger partial charge is 0.343 e. The first-order chi connectivity index (χ1) is 6.59. The Balaban J connectivity index is 2.19. The van der Waals surface area contributed by atoms with Crippen molar-refractivity contribution in [1.82, 2.24) is 9.80 Å². The number of nitrogens with zero attached hydrogens (tertiary/aromatic N) is 2. The van der Waals surface area contributed by atoms with Crippen molar-refractivity contribution in [2.24, 2.45) is 5.92 Å². The predicted molar refractivity (Wildman–Crippen MR) is 58.1 cm³/mol. The summed E-state index contributed by atoms with van der Waals surface area (Å²) in [6.07, 6.45) is 3.65. The SMILES string of the molecule is CC(=O)N1CCC(CCN(C)C)CC1. The quantitative estimate of drug-likeness (QED) is 0.680. The second-order valence-corrected chi connectivity index (χ2v) is 4.54.